The Morgan fingerprint density at radius 2 is 1.60 bits per heavy atom. The van der Waals surface area contributed by atoms with E-state index in [1.165, 1.54) is 24.3 Å². The summed E-state index contributed by atoms with van der Waals surface area (Å²) in [5.41, 5.74) is -0.481. The van der Waals surface area contributed by atoms with E-state index in [4.69, 9.17) is 0 Å². The van der Waals surface area contributed by atoms with E-state index in [9.17, 15) is 26.4 Å². The summed E-state index contributed by atoms with van der Waals surface area (Å²) in [6.45, 7) is 0. The van der Waals surface area contributed by atoms with Crippen molar-refractivity contribution in [3.8, 4) is 0 Å². The molecule has 0 bridgehead atoms. The lowest BCUT2D eigenvalue weighted by Gasteiger charge is -2.09. The molecule has 0 unspecified atom stereocenters. The summed E-state index contributed by atoms with van der Waals surface area (Å²) in [5, 5.41) is 2.11. The van der Waals surface area contributed by atoms with Gasteiger partial charge >= 0.3 is 0 Å². The monoisotopic (exact) mass is 370 g/mol. The molecular formula is C16H13F3N2O3S. The number of halogens is 3. The number of carbonyl (C=O) groups excluding carboxylic acids is 1. The molecule has 25 heavy (non-hydrogen) atoms. The molecule has 0 atom stereocenters. The lowest BCUT2D eigenvalue weighted by atomic mass is 10.2. The second kappa shape index (κ2) is 6.49. The zero-order valence-electron chi connectivity index (χ0n) is 12.7. The fraction of sp³-hybridized carbons (Fsp3) is 0.188. The summed E-state index contributed by atoms with van der Waals surface area (Å²) >= 11 is 0. The minimum Gasteiger partial charge on any atom is -0.319 e. The second-order valence-electron chi connectivity index (χ2n) is 5.60. The average Bonchev–Trinajstić information content (AvgIpc) is 3.39. The van der Waals surface area contributed by atoms with Gasteiger partial charge in [0.1, 0.15) is 0 Å². The van der Waals surface area contributed by atoms with Crippen LogP contribution in [0.15, 0.2) is 41.3 Å². The van der Waals surface area contributed by atoms with Gasteiger partial charge in [-0.2, -0.15) is 0 Å². The van der Waals surface area contributed by atoms with Crippen molar-refractivity contribution in [3.63, 3.8) is 0 Å². The molecule has 1 saturated carbocycles. The van der Waals surface area contributed by atoms with Crippen LogP contribution in [0.4, 0.5) is 18.9 Å². The molecule has 2 N–H and O–H groups in total. The molecule has 2 aromatic carbocycles. The van der Waals surface area contributed by atoms with E-state index in [1.807, 2.05) is 0 Å². The van der Waals surface area contributed by atoms with E-state index in [1.54, 1.807) is 0 Å². The molecule has 5 nitrogen and oxygen atoms in total. The van der Waals surface area contributed by atoms with E-state index in [-0.39, 0.29) is 16.5 Å². The van der Waals surface area contributed by atoms with Gasteiger partial charge in [-0.3, -0.25) is 4.79 Å². The van der Waals surface area contributed by atoms with Gasteiger partial charge in [-0.25, -0.2) is 26.3 Å². The summed E-state index contributed by atoms with van der Waals surface area (Å²) in [5.74, 6) is -5.36. The normalized spacial score (nSPS) is 14.4. The predicted molar refractivity (Wildman–Crippen MR) is 84.1 cm³/mol. The quantitative estimate of drug-likeness (QED) is 0.795. The molecule has 0 spiro atoms. The van der Waals surface area contributed by atoms with Gasteiger partial charge in [0.2, 0.25) is 10.0 Å². The second-order valence-corrected chi connectivity index (χ2v) is 7.31. The highest BCUT2D eigenvalue weighted by Crippen LogP contribution is 2.23. The minimum atomic E-state index is -3.65. The van der Waals surface area contributed by atoms with Crippen molar-refractivity contribution in [2.75, 3.05) is 5.32 Å². The molecule has 1 fully saturated rings. The molecule has 3 rings (SSSR count). The predicted octanol–water partition coefficient (Wildman–Crippen LogP) is 2.80. The number of hydrogen-bond acceptors (Lipinski definition) is 3. The zero-order chi connectivity index (χ0) is 18.2. The number of hydrogen-bond donors (Lipinski definition) is 2. The van der Waals surface area contributed by atoms with Crippen LogP contribution < -0.4 is 10.0 Å². The van der Waals surface area contributed by atoms with E-state index < -0.39 is 39.1 Å². The number of anilines is 1. The van der Waals surface area contributed by atoms with Crippen LogP contribution in [-0.4, -0.2) is 20.4 Å². The van der Waals surface area contributed by atoms with E-state index in [0.717, 1.165) is 18.9 Å². The lowest BCUT2D eigenvalue weighted by molar-refractivity contribution is 0.102. The maximum absolute atomic E-state index is 13.6. The molecule has 1 aliphatic carbocycles. The van der Waals surface area contributed by atoms with Gasteiger partial charge < -0.3 is 5.32 Å². The first-order valence-corrected chi connectivity index (χ1v) is 8.83. The summed E-state index contributed by atoms with van der Waals surface area (Å²) < 4.78 is 66.2. The molecule has 0 aliphatic heterocycles. The SMILES string of the molecule is O=C(Nc1ccc(F)c(F)c1F)c1ccc(S(=O)(=O)NC2CC2)cc1. The van der Waals surface area contributed by atoms with Crippen molar-refractivity contribution < 1.29 is 26.4 Å². The fourth-order valence-corrected chi connectivity index (χ4v) is 3.40. The highest BCUT2D eigenvalue weighted by atomic mass is 32.2. The fourth-order valence-electron chi connectivity index (χ4n) is 2.09. The third-order valence-corrected chi connectivity index (χ3v) is 5.15. The molecule has 132 valence electrons. The summed E-state index contributed by atoms with van der Waals surface area (Å²) in [6.07, 6.45) is 1.58. The van der Waals surface area contributed by atoms with Crippen LogP contribution in [-0.2, 0) is 10.0 Å². The van der Waals surface area contributed by atoms with Crippen LogP contribution in [0, 0.1) is 17.5 Å². The number of carbonyl (C=O) groups is 1. The maximum atomic E-state index is 13.6. The highest BCUT2D eigenvalue weighted by molar-refractivity contribution is 7.89. The van der Waals surface area contributed by atoms with Gasteiger partial charge in [-0.05, 0) is 49.2 Å². The van der Waals surface area contributed by atoms with Crippen LogP contribution in [0.5, 0.6) is 0 Å². The summed E-state index contributed by atoms with van der Waals surface area (Å²) in [6, 6.07) is 6.49. The van der Waals surface area contributed by atoms with Crippen LogP contribution in [0.25, 0.3) is 0 Å². The van der Waals surface area contributed by atoms with Crippen LogP contribution in [0.1, 0.15) is 23.2 Å². The molecule has 2 aromatic rings. The molecule has 1 aliphatic rings. The lowest BCUT2D eigenvalue weighted by Crippen LogP contribution is -2.25. The first-order valence-electron chi connectivity index (χ1n) is 7.35. The maximum Gasteiger partial charge on any atom is 0.255 e. The standard InChI is InChI=1S/C16H13F3N2O3S/c17-12-7-8-13(15(19)14(12)18)20-16(22)9-1-5-11(6-2-9)25(23,24)21-10-3-4-10/h1-2,5-8,10,21H,3-4H2,(H,20,22). The van der Waals surface area contributed by atoms with Gasteiger partial charge in [-0.1, -0.05) is 0 Å². The van der Waals surface area contributed by atoms with Crippen molar-refractivity contribution in [1.29, 1.82) is 0 Å². The van der Waals surface area contributed by atoms with E-state index in [0.29, 0.717) is 6.07 Å². The summed E-state index contributed by atoms with van der Waals surface area (Å²) in [4.78, 5) is 12.0. The zero-order valence-corrected chi connectivity index (χ0v) is 13.5. The Morgan fingerprint density at radius 3 is 2.20 bits per heavy atom. The topological polar surface area (TPSA) is 75.3 Å². The Labute approximate surface area is 141 Å². The third kappa shape index (κ3) is 3.83. The van der Waals surface area contributed by atoms with Crippen LogP contribution in [0.3, 0.4) is 0 Å². The molecule has 0 aromatic heterocycles. The molecule has 0 heterocycles. The minimum absolute atomic E-state index is 0.00467. The molecular weight excluding hydrogens is 357 g/mol. The van der Waals surface area contributed by atoms with Gasteiger partial charge in [-0.15, -0.1) is 0 Å². The largest absolute Gasteiger partial charge is 0.319 e. The van der Waals surface area contributed by atoms with Crippen molar-refractivity contribution in [2.45, 2.75) is 23.8 Å². The number of sulfonamides is 1. The Kier molecular flexibility index (Phi) is 4.53. The van der Waals surface area contributed by atoms with Gasteiger partial charge in [0, 0.05) is 11.6 Å². The number of rotatable bonds is 5. The Balaban J connectivity index is 1.76. The third-order valence-electron chi connectivity index (χ3n) is 3.61. The van der Waals surface area contributed by atoms with E-state index in [2.05, 4.69) is 10.0 Å². The van der Waals surface area contributed by atoms with Crippen LogP contribution in [0.2, 0.25) is 0 Å². The average molecular weight is 370 g/mol. The first-order chi connectivity index (χ1) is 11.8. The van der Waals surface area contributed by atoms with Crippen molar-refractivity contribution in [2.24, 2.45) is 0 Å². The number of nitrogens with one attached hydrogen (secondary N) is 2. The van der Waals surface area contributed by atoms with E-state index >= 15 is 0 Å². The van der Waals surface area contributed by atoms with Crippen molar-refractivity contribution in [3.05, 3.63) is 59.4 Å². The number of benzene rings is 2. The first kappa shape index (κ1) is 17.4. The molecule has 9 heteroatoms. The molecule has 0 radical (unpaired) electrons. The molecule has 0 saturated heterocycles. The van der Waals surface area contributed by atoms with Crippen LogP contribution >= 0.6 is 0 Å². The molecule has 1 amide bonds. The Morgan fingerprint density at radius 1 is 0.960 bits per heavy atom. The highest BCUT2D eigenvalue weighted by Gasteiger charge is 2.28. The van der Waals surface area contributed by atoms with Gasteiger partial charge in [0.15, 0.2) is 17.5 Å². The van der Waals surface area contributed by atoms with Gasteiger partial charge in [0.05, 0.1) is 10.6 Å². The Bertz CT molecular complexity index is 926. The van der Waals surface area contributed by atoms with Crippen molar-refractivity contribution in [1.82, 2.24) is 4.72 Å². The number of amides is 1. The Hall–Kier alpha value is -2.39. The summed E-state index contributed by atoms with van der Waals surface area (Å²) in [7, 11) is -3.65. The van der Waals surface area contributed by atoms with Gasteiger partial charge in [0.25, 0.3) is 5.91 Å². The smallest absolute Gasteiger partial charge is 0.255 e. The van der Waals surface area contributed by atoms with Crippen molar-refractivity contribution >= 4 is 21.6 Å².